The number of nitriles is 2. The zero-order valence-electron chi connectivity index (χ0n) is 6.64. The summed E-state index contributed by atoms with van der Waals surface area (Å²) in [4.78, 5) is 0. The topological polar surface area (TPSA) is 118 Å². The summed E-state index contributed by atoms with van der Waals surface area (Å²) < 4.78 is 4.63. The Labute approximate surface area is 74.2 Å². The first kappa shape index (κ1) is 9.90. The lowest BCUT2D eigenvalue weighted by Gasteiger charge is -2.19. The van der Waals surface area contributed by atoms with Crippen molar-refractivity contribution in [3.63, 3.8) is 0 Å². The van der Waals surface area contributed by atoms with E-state index >= 15 is 0 Å². The number of aliphatic hydroxyl groups is 3. The van der Waals surface area contributed by atoms with Crippen molar-refractivity contribution in [3.8, 4) is 12.1 Å². The van der Waals surface area contributed by atoms with Gasteiger partial charge in [-0.15, -0.1) is 0 Å². The van der Waals surface area contributed by atoms with E-state index < -0.39 is 24.1 Å². The van der Waals surface area contributed by atoms with Gasteiger partial charge in [-0.25, -0.2) is 0 Å². The SMILES string of the molecule is N#CC1(CO)CC(O)C(O)(C#N)O1. The van der Waals surface area contributed by atoms with Gasteiger partial charge in [0.15, 0.2) is 5.60 Å². The summed E-state index contributed by atoms with van der Waals surface area (Å²) in [5.74, 6) is -2.39. The van der Waals surface area contributed by atoms with Crippen molar-refractivity contribution in [3.05, 3.63) is 0 Å². The lowest BCUT2D eigenvalue weighted by molar-refractivity contribution is -0.205. The van der Waals surface area contributed by atoms with Gasteiger partial charge in [-0.2, -0.15) is 10.5 Å². The van der Waals surface area contributed by atoms with E-state index in [0.29, 0.717) is 0 Å². The minimum atomic E-state index is -2.39. The van der Waals surface area contributed by atoms with E-state index in [0.717, 1.165) is 0 Å². The van der Waals surface area contributed by atoms with Crippen LogP contribution in [0.5, 0.6) is 0 Å². The maximum atomic E-state index is 9.27. The highest BCUT2D eigenvalue weighted by Gasteiger charge is 2.56. The molecule has 0 bridgehead atoms. The van der Waals surface area contributed by atoms with Crippen LogP contribution in [0.4, 0.5) is 0 Å². The van der Waals surface area contributed by atoms with Gasteiger partial charge < -0.3 is 20.1 Å². The first-order valence-corrected chi connectivity index (χ1v) is 3.56. The van der Waals surface area contributed by atoms with Crippen LogP contribution in [0, 0.1) is 22.7 Å². The lowest BCUT2D eigenvalue weighted by Crippen LogP contribution is -2.39. The fourth-order valence-corrected chi connectivity index (χ4v) is 1.16. The average molecular weight is 184 g/mol. The van der Waals surface area contributed by atoms with E-state index in [1.54, 1.807) is 6.07 Å². The van der Waals surface area contributed by atoms with Crippen molar-refractivity contribution in [1.29, 1.82) is 10.5 Å². The van der Waals surface area contributed by atoms with Gasteiger partial charge in [-0.05, 0) is 0 Å². The zero-order chi connectivity index (χ0) is 10.1. The standard InChI is InChI=1S/C7H8N2O4/c8-2-6(4-10)1-5(11)7(12,3-9)13-6/h5,10-12H,1,4H2. The Bertz CT molecular complexity index is 294. The van der Waals surface area contributed by atoms with E-state index in [-0.39, 0.29) is 6.42 Å². The third-order valence-corrected chi connectivity index (χ3v) is 1.95. The number of ether oxygens (including phenoxy) is 1. The maximum Gasteiger partial charge on any atom is 0.285 e. The highest BCUT2D eigenvalue weighted by Crippen LogP contribution is 2.35. The van der Waals surface area contributed by atoms with Gasteiger partial charge in [-0.1, -0.05) is 0 Å². The highest BCUT2D eigenvalue weighted by molar-refractivity contribution is 5.15. The molecule has 0 amide bonds. The number of hydrogen-bond donors (Lipinski definition) is 3. The predicted molar refractivity (Wildman–Crippen MR) is 37.7 cm³/mol. The highest BCUT2D eigenvalue weighted by atomic mass is 16.7. The molecule has 0 aromatic carbocycles. The van der Waals surface area contributed by atoms with Crippen molar-refractivity contribution in [1.82, 2.24) is 0 Å². The fraction of sp³-hybridized carbons (Fsp3) is 0.714. The summed E-state index contributed by atoms with van der Waals surface area (Å²) in [5, 5.41) is 44.3. The predicted octanol–water partition coefficient (Wildman–Crippen LogP) is -1.77. The van der Waals surface area contributed by atoms with Crippen LogP contribution in [0.15, 0.2) is 0 Å². The molecule has 3 unspecified atom stereocenters. The molecule has 0 radical (unpaired) electrons. The quantitative estimate of drug-likeness (QED) is 0.415. The molecule has 1 saturated heterocycles. The largest absolute Gasteiger partial charge is 0.392 e. The molecule has 1 heterocycles. The molecule has 13 heavy (non-hydrogen) atoms. The Morgan fingerprint density at radius 3 is 2.31 bits per heavy atom. The Morgan fingerprint density at radius 1 is 1.46 bits per heavy atom. The molecule has 70 valence electrons. The fourth-order valence-electron chi connectivity index (χ4n) is 1.16. The van der Waals surface area contributed by atoms with Crippen molar-refractivity contribution < 1.29 is 20.1 Å². The van der Waals surface area contributed by atoms with Crippen LogP contribution in [-0.4, -0.2) is 39.4 Å². The molecule has 0 aromatic rings. The van der Waals surface area contributed by atoms with Crippen LogP contribution in [0.2, 0.25) is 0 Å². The molecule has 1 aliphatic rings. The molecule has 3 atom stereocenters. The Balaban J connectivity index is 2.95. The minimum absolute atomic E-state index is 0.288. The molecule has 6 nitrogen and oxygen atoms in total. The zero-order valence-corrected chi connectivity index (χ0v) is 6.64. The molecule has 3 N–H and O–H groups in total. The second-order valence-electron chi connectivity index (χ2n) is 2.89. The average Bonchev–Trinajstić information content (AvgIpc) is 2.41. The second kappa shape index (κ2) is 2.95. The lowest BCUT2D eigenvalue weighted by atomic mass is 10.0. The molecule has 1 rings (SSSR count). The second-order valence-corrected chi connectivity index (χ2v) is 2.89. The number of nitrogens with zero attached hydrogens (tertiary/aromatic N) is 2. The first-order chi connectivity index (χ1) is 6.02. The third-order valence-electron chi connectivity index (χ3n) is 1.95. The molecule has 0 aliphatic carbocycles. The number of aliphatic hydroxyl groups excluding tert-OH is 2. The van der Waals surface area contributed by atoms with E-state index in [1.807, 2.05) is 0 Å². The van der Waals surface area contributed by atoms with Gasteiger partial charge in [0.1, 0.15) is 18.2 Å². The molecule has 1 aliphatic heterocycles. The van der Waals surface area contributed by atoms with Gasteiger partial charge in [0.2, 0.25) is 0 Å². The van der Waals surface area contributed by atoms with Crippen LogP contribution in [0.3, 0.4) is 0 Å². The summed E-state index contributed by atoms with van der Waals surface area (Å²) in [7, 11) is 0. The Kier molecular flexibility index (Phi) is 2.24. The molecule has 0 spiro atoms. The van der Waals surface area contributed by atoms with Gasteiger partial charge in [0, 0.05) is 6.42 Å². The maximum absolute atomic E-state index is 9.27. The molecule has 0 aromatic heterocycles. The van der Waals surface area contributed by atoms with Crippen LogP contribution < -0.4 is 0 Å². The van der Waals surface area contributed by atoms with Crippen molar-refractivity contribution >= 4 is 0 Å². The molecule has 0 saturated carbocycles. The summed E-state index contributed by atoms with van der Waals surface area (Å²) >= 11 is 0. The van der Waals surface area contributed by atoms with Gasteiger partial charge in [0.05, 0.1) is 6.61 Å². The Morgan fingerprint density at radius 2 is 2.08 bits per heavy atom. The first-order valence-electron chi connectivity index (χ1n) is 3.56. The molecule has 1 fully saturated rings. The normalized spacial score (nSPS) is 43.9. The van der Waals surface area contributed by atoms with Crippen molar-refractivity contribution in [2.24, 2.45) is 0 Å². The number of rotatable bonds is 1. The van der Waals surface area contributed by atoms with Gasteiger partial charge in [0.25, 0.3) is 5.79 Å². The van der Waals surface area contributed by atoms with E-state index in [2.05, 4.69) is 4.74 Å². The van der Waals surface area contributed by atoms with E-state index in [4.69, 9.17) is 15.6 Å². The smallest absolute Gasteiger partial charge is 0.285 e. The van der Waals surface area contributed by atoms with Crippen molar-refractivity contribution in [2.75, 3.05) is 6.61 Å². The molecular formula is C7H8N2O4. The summed E-state index contributed by atoms with van der Waals surface area (Å²) in [5.41, 5.74) is -1.68. The minimum Gasteiger partial charge on any atom is -0.392 e. The summed E-state index contributed by atoms with van der Waals surface area (Å²) in [6.45, 7) is -0.676. The van der Waals surface area contributed by atoms with Gasteiger partial charge in [-0.3, -0.25) is 0 Å². The summed E-state index contributed by atoms with van der Waals surface area (Å²) in [6.07, 6.45) is -1.77. The monoisotopic (exact) mass is 184 g/mol. The van der Waals surface area contributed by atoms with Crippen molar-refractivity contribution in [2.45, 2.75) is 23.9 Å². The van der Waals surface area contributed by atoms with Crippen LogP contribution in [0.1, 0.15) is 6.42 Å². The number of hydrogen-bond acceptors (Lipinski definition) is 6. The Hall–Kier alpha value is -1.18. The van der Waals surface area contributed by atoms with E-state index in [9.17, 15) is 10.2 Å². The van der Waals surface area contributed by atoms with Crippen LogP contribution in [-0.2, 0) is 4.74 Å². The van der Waals surface area contributed by atoms with E-state index in [1.165, 1.54) is 6.07 Å². The van der Waals surface area contributed by atoms with Crippen LogP contribution in [0.25, 0.3) is 0 Å². The molecular weight excluding hydrogens is 176 g/mol. The van der Waals surface area contributed by atoms with Crippen LogP contribution >= 0.6 is 0 Å². The third kappa shape index (κ3) is 1.37. The van der Waals surface area contributed by atoms with Gasteiger partial charge >= 0.3 is 0 Å². The summed E-state index contributed by atoms with van der Waals surface area (Å²) in [6, 6.07) is 2.94. The molecule has 6 heteroatoms.